The monoisotopic (exact) mass is 291 g/mol. The highest BCUT2D eigenvalue weighted by Gasteiger charge is 2.33. The van der Waals surface area contributed by atoms with E-state index in [4.69, 9.17) is 10.00 Å². The molecule has 0 saturated carbocycles. The van der Waals surface area contributed by atoms with Crippen LogP contribution in [-0.2, 0) is 12.8 Å². The van der Waals surface area contributed by atoms with Crippen LogP contribution >= 0.6 is 0 Å². The van der Waals surface area contributed by atoms with E-state index >= 15 is 0 Å². The summed E-state index contributed by atoms with van der Waals surface area (Å²) in [6.45, 7) is 1.81. The van der Waals surface area contributed by atoms with Gasteiger partial charge in [-0.15, -0.1) is 0 Å². The number of rotatable bonds is 3. The molecule has 0 aliphatic carbocycles. The molecule has 0 atom stereocenters. The van der Waals surface area contributed by atoms with Crippen molar-refractivity contribution in [2.24, 2.45) is 0 Å². The second kappa shape index (κ2) is 5.88. The van der Waals surface area contributed by atoms with Crippen LogP contribution in [0.25, 0.3) is 0 Å². The van der Waals surface area contributed by atoms with E-state index < -0.39 is 11.7 Å². The Labute approximate surface area is 120 Å². The van der Waals surface area contributed by atoms with Gasteiger partial charge in [-0.2, -0.15) is 18.4 Å². The number of ether oxygens (including phenoxy) is 1. The first kappa shape index (κ1) is 14.9. The highest BCUT2D eigenvalue weighted by Crippen LogP contribution is 2.36. The molecule has 0 N–H and O–H groups in total. The summed E-state index contributed by atoms with van der Waals surface area (Å²) in [5.74, 6) is -0.200. The van der Waals surface area contributed by atoms with Crippen LogP contribution in [0, 0.1) is 18.3 Å². The van der Waals surface area contributed by atoms with Crippen molar-refractivity contribution < 1.29 is 17.9 Å². The van der Waals surface area contributed by atoms with Gasteiger partial charge in [-0.05, 0) is 42.3 Å². The number of nitriles is 1. The van der Waals surface area contributed by atoms with Crippen LogP contribution in [0.5, 0.6) is 5.75 Å². The number of hydrogen-bond acceptors (Lipinski definition) is 2. The molecule has 5 heteroatoms. The maximum Gasteiger partial charge on any atom is 0.419 e. The minimum Gasteiger partial charge on any atom is -0.488 e. The third kappa shape index (κ3) is 3.54. The van der Waals surface area contributed by atoms with Crippen LogP contribution < -0.4 is 4.74 Å². The molecule has 108 valence electrons. The molecule has 0 unspecified atom stereocenters. The van der Waals surface area contributed by atoms with Crippen molar-refractivity contribution in [3.63, 3.8) is 0 Å². The zero-order chi connectivity index (χ0) is 15.5. The Bertz CT molecular complexity index is 687. The van der Waals surface area contributed by atoms with Gasteiger partial charge in [-0.1, -0.05) is 18.2 Å². The van der Waals surface area contributed by atoms with Gasteiger partial charge in [0, 0.05) is 0 Å². The van der Waals surface area contributed by atoms with E-state index in [2.05, 4.69) is 0 Å². The second-order valence-electron chi connectivity index (χ2n) is 4.54. The number of alkyl halides is 3. The minimum atomic E-state index is -4.45. The molecule has 2 nitrogen and oxygen atoms in total. The largest absolute Gasteiger partial charge is 0.488 e. The molecule has 0 heterocycles. The van der Waals surface area contributed by atoms with Gasteiger partial charge >= 0.3 is 6.18 Å². The quantitative estimate of drug-likeness (QED) is 0.836. The van der Waals surface area contributed by atoms with E-state index in [0.717, 1.165) is 17.2 Å². The van der Waals surface area contributed by atoms with Gasteiger partial charge in [0.1, 0.15) is 12.4 Å². The summed E-state index contributed by atoms with van der Waals surface area (Å²) in [7, 11) is 0. The minimum absolute atomic E-state index is 0.0185. The predicted octanol–water partition coefficient (Wildman–Crippen LogP) is 4.46. The summed E-state index contributed by atoms with van der Waals surface area (Å²) < 4.78 is 43.8. The zero-order valence-corrected chi connectivity index (χ0v) is 11.2. The normalized spacial score (nSPS) is 11.0. The number of hydrogen-bond donors (Lipinski definition) is 0. The molecule has 21 heavy (non-hydrogen) atoms. The molecule has 0 amide bonds. The Morgan fingerprint density at radius 2 is 1.86 bits per heavy atom. The maximum absolute atomic E-state index is 12.8. The smallest absolute Gasteiger partial charge is 0.419 e. The van der Waals surface area contributed by atoms with Gasteiger partial charge in [0.25, 0.3) is 0 Å². The molecular weight excluding hydrogens is 279 g/mol. The van der Waals surface area contributed by atoms with E-state index in [0.29, 0.717) is 5.56 Å². The number of nitrogens with zero attached hydrogens (tertiary/aromatic N) is 1. The van der Waals surface area contributed by atoms with Crippen molar-refractivity contribution in [2.45, 2.75) is 19.7 Å². The molecule has 0 aromatic heterocycles. The fourth-order valence-electron chi connectivity index (χ4n) is 1.91. The summed E-state index contributed by atoms with van der Waals surface area (Å²) in [4.78, 5) is 0. The first-order chi connectivity index (χ1) is 9.91. The lowest BCUT2D eigenvalue weighted by Crippen LogP contribution is -2.09. The summed E-state index contributed by atoms with van der Waals surface area (Å²) in [6.07, 6.45) is -4.45. The van der Waals surface area contributed by atoms with Crippen molar-refractivity contribution >= 4 is 0 Å². The number of halogens is 3. The van der Waals surface area contributed by atoms with Crippen molar-refractivity contribution in [1.29, 1.82) is 5.26 Å². The molecule has 2 aromatic carbocycles. The Morgan fingerprint density at radius 1 is 1.14 bits per heavy atom. The molecule has 0 aliphatic heterocycles. The number of aryl methyl sites for hydroxylation is 1. The lowest BCUT2D eigenvalue weighted by Gasteiger charge is -2.14. The fraction of sp³-hybridized carbons (Fsp3) is 0.188. The average molecular weight is 291 g/mol. The first-order valence-electron chi connectivity index (χ1n) is 6.20. The summed E-state index contributed by atoms with van der Waals surface area (Å²) in [5.41, 5.74) is 1.26. The lowest BCUT2D eigenvalue weighted by molar-refractivity contribution is -0.139. The van der Waals surface area contributed by atoms with Gasteiger partial charge in [0.15, 0.2) is 0 Å². The van der Waals surface area contributed by atoms with Crippen LogP contribution in [0.15, 0.2) is 42.5 Å². The lowest BCUT2D eigenvalue weighted by atomic mass is 10.1. The highest BCUT2D eigenvalue weighted by molar-refractivity contribution is 5.39. The standard InChI is InChI=1S/C16H12F3NO/c1-11-8-12(9-20)6-7-13(11)10-21-15-5-3-2-4-14(15)16(17,18)19/h2-8H,10H2,1H3. The first-order valence-corrected chi connectivity index (χ1v) is 6.20. The number of benzene rings is 2. The van der Waals surface area contributed by atoms with E-state index in [1.165, 1.54) is 18.2 Å². The fourth-order valence-corrected chi connectivity index (χ4v) is 1.91. The second-order valence-corrected chi connectivity index (χ2v) is 4.54. The van der Waals surface area contributed by atoms with Crippen LogP contribution in [0.2, 0.25) is 0 Å². The van der Waals surface area contributed by atoms with E-state index in [-0.39, 0.29) is 12.4 Å². The molecule has 0 bridgehead atoms. The molecule has 0 saturated heterocycles. The van der Waals surface area contributed by atoms with Gasteiger partial charge in [-0.25, -0.2) is 0 Å². The van der Waals surface area contributed by atoms with Gasteiger partial charge in [-0.3, -0.25) is 0 Å². The van der Waals surface area contributed by atoms with Crippen LogP contribution in [0.3, 0.4) is 0 Å². The SMILES string of the molecule is Cc1cc(C#N)ccc1COc1ccccc1C(F)(F)F. The summed E-state index contributed by atoms with van der Waals surface area (Å²) >= 11 is 0. The zero-order valence-electron chi connectivity index (χ0n) is 11.2. The highest BCUT2D eigenvalue weighted by atomic mass is 19.4. The Balaban J connectivity index is 2.20. The van der Waals surface area contributed by atoms with Gasteiger partial charge < -0.3 is 4.74 Å². The summed E-state index contributed by atoms with van der Waals surface area (Å²) in [5, 5.41) is 8.78. The molecule has 0 spiro atoms. The Kier molecular flexibility index (Phi) is 4.18. The maximum atomic E-state index is 12.8. The molecule has 0 fully saturated rings. The topological polar surface area (TPSA) is 33.0 Å². The third-order valence-electron chi connectivity index (χ3n) is 3.05. The number of para-hydroxylation sites is 1. The van der Waals surface area contributed by atoms with Gasteiger partial charge in [0.05, 0.1) is 17.2 Å². The van der Waals surface area contributed by atoms with Crippen molar-refractivity contribution in [3.05, 3.63) is 64.7 Å². The van der Waals surface area contributed by atoms with E-state index in [9.17, 15) is 13.2 Å². The summed E-state index contributed by atoms with van der Waals surface area (Å²) in [6, 6.07) is 12.1. The Hall–Kier alpha value is -2.48. The molecule has 2 rings (SSSR count). The van der Waals surface area contributed by atoms with Crippen molar-refractivity contribution in [1.82, 2.24) is 0 Å². The molecule has 0 radical (unpaired) electrons. The predicted molar refractivity (Wildman–Crippen MR) is 71.7 cm³/mol. The van der Waals surface area contributed by atoms with Crippen LogP contribution in [0.1, 0.15) is 22.3 Å². The van der Waals surface area contributed by atoms with Gasteiger partial charge in [0.2, 0.25) is 0 Å². The molecular formula is C16H12F3NO. The molecule has 0 aliphatic rings. The van der Waals surface area contributed by atoms with Crippen LogP contribution in [-0.4, -0.2) is 0 Å². The average Bonchev–Trinajstić information content (AvgIpc) is 2.45. The van der Waals surface area contributed by atoms with Crippen molar-refractivity contribution in [2.75, 3.05) is 0 Å². The van der Waals surface area contributed by atoms with E-state index in [1.807, 2.05) is 6.07 Å². The third-order valence-corrected chi connectivity index (χ3v) is 3.05. The van der Waals surface area contributed by atoms with Crippen LogP contribution in [0.4, 0.5) is 13.2 Å². The van der Waals surface area contributed by atoms with Crippen molar-refractivity contribution in [3.8, 4) is 11.8 Å². The Morgan fingerprint density at radius 3 is 2.48 bits per heavy atom. The van der Waals surface area contributed by atoms with E-state index in [1.54, 1.807) is 25.1 Å². The molecule has 2 aromatic rings.